The molecule has 202 valence electrons. The Balaban J connectivity index is 0.000000502. The number of rotatable bonds is 5. The molecule has 0 spiro atoms. The van der Waals surface area contributed by atoms with Gasteiger partial charge in [-0.25, -0.2) is 0 Å². The number of nitrogens with zero attached hydrogens (tertiary/aromatic N) is 3. The van der Waals surface area contributed by atoms with Gasteiger partial charge in [-0.1, -0.05) is 66.7 Å². The van der Waals surface area contributed by atoms with Gasteiger partial charge in [0.25, 0.3) is 0 Å². The fraction of sp³-hybridized carbons (Fsp3) is 0.562. The van der Waals surface area contributed by atoms with Crippen molar-refractivity contribution in [1.29, 1.82) is 0 Å². The average Bonchev–Trinajstić information content (AvgIpc) is 3.12. The summed E-state index contributed by atoms with van der Waals surface area (Å²) < 4.78 is 2.05. The maximum absolute atomic E-state index is 5.60. The fourth-order valence-electron chi connectivity index (χ4n) is 3.86. The molecule has 1 aromatic carbocycles. The van der Waals surface area contributed by atoms with Gasteiger partial charge < -0.3 is 5.73 Å². The number of hydrogen-bond acceptors (Lipinski definition) is 3. The van der Waals surface area contributed by atoms with Crippen LogP contribution < -0.4 is 5.73 Å². The van der Waals surface area contributed by atoms with Crippen LogP contribution in [0.25, 0.3) is 16.6 Å². The lowest BCUT2D eigenvalue weighted by molar-refractivity contribution is 0.344. The zero-order valence-corrected chi connectivity index (χ0v) is 25.6. The molecule has 4 heteroatoms. The van der Waals surface area contributed by atoms with E-state index in [9.17, 15) is 0 Å². The lowest BCUT2D eigenvalue weighted by Crippen LogP contribution is -2.06. The molecule has 0 bridgehead atoms. The summed E-state index contributed by atoms with van der Waals surface area (Å²) in [6.45, 7) is 32.4. The van der Waals surface area contributed by atoms with Gasteiger partial charge in [0.2, 0.25) is 0 Å². The minimum absolute atomic E-state index is 0.586. The molecule has 3 aromatic rings. The third-order valence-corrected chi connectivity index (χ3v) is 6.37. The molecule has 0 amide bonds. The van der Waals surface area contributed by atoms with Crippen molar-refractivity contribution in [3.63, 3.8) is 0 Å². The number of nitrogens with two attached hydrogens (primary N) is 1. The molecular formula is C32H54N4. The van der Waals surface area contributed by atoms with Crippen LogP contribution in [-0.2, 0) is 6.54 Å². The molecule has 2 aromatic heterocycles. The molecule has 0 aliphatic rings. The zero-order valence-electron chi connectivity index (χ0n) is 25.6. The van der Waals surface area contributed by atoms with Crippen LogP contribution in [0.1, 0.15) is 95.6 Å². The normalized spacial score (nSPS) is 11.2. The van der Waals surface area contributed by atoms with Gasteiger partial charge in [-0.05, 0) is 89.5 Å². The standard InChI is InChI=1S/C11H14N2.C10H14N2.C9H20.C2H6/c1-4-13-11-6-5-8(2)7-10(11)9(3)12-13;1-6-5-10(7(2)11)9(4)12-8(6)3;1-7(2)6-9(5)8(3)4;1-2/h5-7H,4H2,1-3H3;5H,2,11H2,1,3-4H3;7-9H,6H2,1-5H3;1-2H3. The number of benzene rings is 1. The van der Waals surface area contributed by atoms with Crippen molar-refractivity contribution in [2.75, 3.05) is 0 Å². The first-order valence-electron chi connectivity index (χ1n) is 13.6. The van der Waals surface area contributed by atoms with Gasteiger partial charge in [0.1, 0.15) is 0 Å². The Bertz CT molecular complexity index is 1070. The first-order chi connectivity index (χ1) is 16.8. The summed E-state index contributed by atoms with van der Waals surface area (Å²) in [6.07, 6.45) is 1.37. The highest BCUT2D eigenvalue weighted by atomic mass is 15.3. The summed E-state index contributed by atoms with van der Waals surface area (Å²) >= 11 is 0. The van der Waals surface area contributed by atoms with Crippen molar-refractivity contribution in [2.24, 2.45) is 23.5 Å². The van der Waals surface area contributed by atoms with Gasteiger partial charge in [-0.2, -0.15) is 5.10 Å². The number of aromatic nitrogens is 3. The van der Waals surface area contributed by atoms with Crippen LogP contribution in [0.15, 0.2) is 30.8 Å². The highest BCUT2D eigenvalue weighted by molar-refractivity contribution is 5.82. The van der Waals surface area contributed by atoms with E-state index in [0.29, 0.717) is 5.70 Å². The first kappa shape index (κ1) is 33.4. The Hall–Kier alpha value is -2.62. The van der Waals surface area contributed by atoms with E-state index in [1.54, 1.807) is 0 Å². The van der Waals surface area contributed by atoms with E-state index in [1.165, 1.54) is 22.9 Å². The first-order valence-corrected chi connectivity index (χ1v) is 13.6. The smallest absolute Gasteiger partial charge is 0.0685 e. The summed E-state index contributed by atoms with van der Waals surface area (Å²) in [4.78, 5) is 4.35. The van der Waals surface area contributed by atoms with Gasteiger partial charge in [0.15, 0.2) is 0 Å². The molecule has 0 saturated heterocycles. The number of pyridine rings is 1. The number of fused-ring (bicyclic) bond motifs is 1. The number of hydrogen-bond donors (Lipinski definition) is 1. The monoisotopic (exact) mass is 494 g/mol. The Morgan fingerprint density at radius 1 is 0.917 bits per heavy atom. The summed E-state index contributed by atoms with van der Waals surface area (Å²) in [5, 5.41) is 5.75. The molecule has 4 nitrogen and oxygen atoms in total. The largest absolute Gasteiger partial charge is 0.399 e. The van der Waals surface area contributed by atoms with Crippen LogP contribution in [0.4, 0.5) is 0 Å². The maximum atomic E-state index is 5.60. The van der Waals surface area contributed by atoms with E-state index < -0.39 is 0 Å². The molecule has 2 heterocycles. The topological polar surface area (TPSA) is 56.7 Å². The Morgan fingerprint density at radius 2 is 1.50 bits per heavy atom. The summed E-state index contributed by atoms with van der Waals surface area (Å²) in [6, 6.07) is 8.51. The highest BCUT2D eigenvalue weighted by Gasteiger charge is 2.08. The molecule has 1 unspecified atom stereocenters. The number of aryl methyl sites for hydroxylation is 6. The molecule has 0 aliphatic heterocycles. The summed E-state index contributed by atoms with van der Waals surface area (Å²) in [5.41, 5.74) is 14.0. The van der Waals surface area contributed by atoms with E-state index >= 15 is 0 Å². The van der Waals surface area contributed by atoms with Crippen LogP contribution in [0.3, 0.4) is 0 Å². The van der Waals surface area contributed by atoms with Crippen LogP contribution >= 0.6 is 0 Å². The minimum atomic E-state index is 0.586. The van der Waals surface area contributed by atoms with Crippen molar-refractivity contribution in [2.45, 2.75) is 103 Å². The van der Waals surface area contributed by atoms with Gasteiger partial charge in [-0.15, -0.1) is 0 Å². The van der Waals surface area contributed by atoms with Crippen molar-refractivity contribution in [3.8, 4) is 0 Å². The van der Waals surface area contributed by atoms with Gasteiger partial charge in [-0.3, -0.25) is 9.67 Å². The Kier molecular flexibility index (Phi) is 15.0. The van der Waals surface area contributed by atoms with Gasteiger partial charge in [0, 0.05) is 34.6 Å². The average molecular weight is 495 g/mol. The van der Waals surface area contributed by atoms with E-state index in [2.05, 4.69) is 90.3 Å². The third kappa shape index (κ3) is 10.6. The van der Waals surface area contributed by atoms with E-state index in [4.69, 9.17) is 5.73 Å². The van der Waals surface area contributed by atoms with Crippen molar-refractivity contribution >= 4 is 16.6 Å². The molecule has 0 aliphatic carbocycles. The minimum Gasteiger partial charge on any atom is -0.399 e. The van der Waals surface area contributed by atoms with E-state index in [0.717, 1.165) is 52.5 Å². The molecule has 0 fully saturated rings. The van der Waals surface area contributed by atoms with Gasteiger partial charge >= 0.3 is 0 Å². The van der Waals surface area contributed by atoms with Crippen molar-refractivity contribution in [1.82, 2.24) is 14.8 Å². The lowest BCUT2D eigenvalue weighted by Gasteiger charge is -2.16. The van der Waals surface area contributed by atoms with Crippen LogP contribution in [-0.4, -0.2) is 14.8 Å². The molecule has 36 heavy (non-hydrogen) atoms. The van der Waals surface area contributed by atoms with Crippen LogP contribution in [0.5, 0.6) is 0 Å². The van der Waals surface area contributed by atoms with E-state index in [-0.39, 0.29) is 0 Å². The summed E-state index contributed by atoms with van der Waals surface area (Å²) in [5.74, 6) is 2.61. The predicted molar refractivity (Wildman–Crippen MR) is 161 cm³/mol. The second-order valence-electron chi connectivity index (χ2n) is 10.3. The molecule has 1 atom stereocenters. The van der Waals surface area contributed by atoms with Crippen LogP contribution in [0.2, 0.25) is 0 Å². The SMILES string of the molecule is C=C(N)c1cc(C)c(C)nc1C.CC.CC(C)CC(C)C(C)C.CCn1nc(C)c2cc(C)ccc21. The molecule has 3 rings (SSSR count). The van der Waals surface area contributed by atoms with Crippen molar-refractivity contribution < 1.29 is 0 Å². The Morgan fingerprint density at radius 3 is 1.94 bits per heavy atom. The second kappa shape index (κ2) is 16.2. The maximum Gasteiger partial charge on any atom is 0.0685 e. The van der Waals surface area contributed by atoms with E-state index in [1.807, 2.05) is 45.4 Å². The Labute approximate surface area is 222 Å². The molecular weight excluding hydrogens is 440 g/mol. The second-order valence-corrected chi connectivity index (χ2v) is 10.3. The highest BCUT2D eigenvalue weighted by Crippen LogP contribution is 2.20. The quantitative estimate of drug-likeness (QED) is 0.385. The molecule has 0 saturated carbocycles. The third-order valence-electron chi connectivity index (χ3n) is 6.37. The van der Waals surface area contributed by atoms with Crippen molar-refractivity contribution in [3.05, 3.63) is 64.6 Å². The predicted octanol–water partition coefficient (Wildman–Crippen LogP) is 8.96. The fourth-order valence-corrected chi connectivity index (χ4v) is 3.86. The zero-order chi connectivity index (χ0) is 28.2. The van der Waals surface area contributed by atoms with Crippen LogP contribution in [0, 0.1) is 52.4 Å². The molecule has 2 N–H and O–H groups in total. The van der Waals surface area contributed by atoms with Gasteiger partial charge in [0.05, 0.1) is 11.2 Å². The lowest BCUT2D eigenvalue weighted by atomic mass is 9.90. The summed E-state index contributed by atoms with van der Waals surface area (Å²) in [7, 11) is 0. The molecule has 0 radical (unpaired) electrons.